The number of hydrogen-bond donors (Lipinski definition) is 0. The predicted octanol–water partition coefficient (Wildman–Crippen LogP) is 4.14. The van der Waals surface area contributed by atoms with Gasteiger partial charge in [0.05, 0.1) is 12.2 Å². The minimum Gasteiger partial charge on any atom is -0.480 e. The van der Waals surface area contributed by atoms with Crippen LogP contribution in [0.5, 0.6) is 0 Å². The lowest BCUT2D eigenvalue weighted by atomic mass is 9.96. The minimum absolute atomic E-state index is 0.141. The number of carbonyl (C=O) groups excluding carboxylic acids is 1. The van der Waals surface area contributed by atoms with E-state index in [0.29, 0.717) is 6.61 Å². The van der Waals surface area contributed by atoms with Gasteiger partial charge in [-0.2, -0.15) is 0 Å². The molecule has 2 aliphatic rings. The molecule has 21 heavy (non-hydrogen) atoms. The summed E-state index contributed by atoms with van der Waals surface area (Å²) < 4.78 is 11.4. The van der Waals surface area contributed by atoms with Gasteiger partial charge in [-0.3, -0.25) is 0 Å². The number of thioether (sulfide) groups is 1. The summed E-state index contributed by atoms with van der Waals surface area (Å²) >= 11 is 1.74. The van der Waals surface area contributed by atoms with Crippen molar-refractivity contribution in [2.45, 2.75) is 42.9 Å². The number of rotatable bonds is 4. The Morgan fingerprint density at radius 2 is 2.19 bits per heavy atom. The highest BCUT2D eigenvalue weighted by molar-refractivity contribution is 8.00. The van der Waals surface area contributed by atoms with Gasteiger partial charge < -0.3 is 9.47 Å². The van der Waals surface area contributed by atoms with Gasteiger partial charge in [-0.25, -0.2) is 4.79 Å². The Bertz CT molecular complexity index is 567. The van der Waals surface area contributed by atoms with Gasteiger partial charge in [0.1, 0.15) is 5.76 Å². The Kier molecular flexibility index (Phi) is 3.98. The standard InChI is InChI=1S/C17H20O3S/c1-3-19-16(18)15-12(2)20-17(11-7-10-14(15)17)21-13-8-5-4-6-9-13/h4-6,8-9,14H,3,7,10-11H2,1-2H3/t14-,17+/m0/s1. The zero-order chi connectivity index (χ0) is 14.9. The largest absolute Gasteiger partial charge is 0.480 e. The molecule has 1 aliphatic heterocycles. The highest BCUT2D eigenvalue weighted by atomic mass is 32.2. The van der Waals surface area contributed by atoms with Crippen LogP contribution in [0.4, 0.5) is 0 Å². The maximum atomic E-state index is 12.2. The van der Waals surface area contributed by atoms with E-state index < -0.39 is 0 Å². The number of esters is 1. The number of allylic oxidation sites excluding steroid dienone is 1. The Balaban J connectivity index is 1.86. The smallest absolute Gasteiger partial charge is 0.337 e. The Morgan fingerprint density at radius 3 is 2.90 bits per heavy atom. The molecular weight excluding hydrogens is 284 g/mol. The van der Waals surface area contributed by atoms with Crippen molar-refractivity contribution in [2.75, 3.05) is 6.61 Å². The first-order chi connectivity index (χ1) is 10.2. The number of hydrogen-bond acceptors (Lipinski definition) is 4. The Labute approximate surface area is 129 Å². The van der Waals surface area contributed by atoms with Crippen molar-refractivity contribution in [2.24, 2.45) is 5.92 Å². The van der Waals surface area contributed by atoms with Gasteiger partial charge in [0.15, 0.2) is 4.93 Å². The van der Waals surface area contributed by atoms with Crippen molar-refractivity contribution in [3.8, 4) is 0 Å². The van der Waals surface area contributed by atoms with E-state index in [1.54, 1.807) is 11.8 Å². The Morgan fingerprint density at radius 1 is 1.43 bits per heavy atom. The zero-order valence-electron chi connectivity index (χ0n) is 12.4. The first-order valence-electron chi connectivity index (χ1n) is 7.47. The summed E-state index contributed by atoms with van der Waals surface area (Å²) in [6.45, 7) is 4.13. The zero-order valence-corrected chi connectivity index (χ0v) is 13.2. The third kappa shape index (κ3) is 2.57. The molecule has 3 rings (SSSR count). The fourth-order valence-corrected chi connectivity index (χ4v) is 4.80. The van der Waals surface area contributed by atoms with Crippen LogP contribution in [0.1, 0.15) is 33.1 Å². The van der Waals surface area contributed by atoms with E-state index in [9.17, 15) is 4.79 Å². The second-order valence-corrected chi connectivity index (χ2v) is 6.83. The van der Waals surface area contributed by atoms with E-state index in [4.69, 9.17) is 9.47 Å². The van der Waals surface area contributed by atoms with Gasteiger partial charge in [-0.15, -0.1) is 0 Å². The van der Waals surface area contributed by atoms with Crippen LogP contribution in [0.2, 0.25) is 0 Å². The van der Waals surface area contributed by atoms with Gasteiger partial charge in [0.25, 0.3) is 0 Å². The van der Waals surface area contributed by atoms with E-state index in [1.165, 1.54) is 4.90 Å². The van der Waals surface area contributed by atoms with Crippen LogP contribution < -0.4 is 0 Å². The summed E-state index contributed by atoms with van der Waals surface area (Å²) in [6.07, 6.45) is 3.05. The number of ether oxygens (including phenoxy) is 2. The SMILES string of the molecule is CCOC(=O)C1=C(C)O[C@@]2(Sc3ccccc3)CCC[C@@H]12. The number of fused-ring (bicyclic) bond motifs is 1. The van der Waals surface area contributed by atoms with E-state index in [2.05, 4.69) is 12.1 Å². The second-order valence-electron chi connectivity index (χ2n) is 5.46. The Hall–Kier alpha value is -1.42. The van der Waals surface area contributed by atoms with Crippen molar-refractivity contribution < 1.29 is 14.3 Å². The first-order valence-corrected chi connectivity index (χ1v) is 8.29. The lowest BCUT2D eigenvalue weighted by Crippen LogP contribution is -2.29. The molecule has 0 bridgehead atoms. The van der Waals surface area contributed by atoms with Crippen LogP contribution in [0.3, 0.4) is 0 Å². The third-order valence-electron chi connectivity index (χ3n) is 4.13. The molecule has 1 aromatic rings. The minimum atomic E-state index is -0.326. The summed E-state index contributed by atoms with van der Waals surface area (Å²) in [7, 11) is 0. The lowest BCUT2D eigenvalue weighted by molar-refractivity contribution is -0.139. The highest BCUT2D eigenvalue weighted by Gasteiger charge is 2.54. The second kappa shape index (κ2) is 5.76. The molecule has 4 heteroatoms. The first kappa shape index (κ1) is 14.5. The molecule has 1 fully saturated rings. The van der Waals surface area contributed by atoms with Crippen molar-refractivity contribution >= 4 is 17.7 Å². The van der Waals surface area contributed by atoms with Crippen molar-refractivity contribution in [3.63, 3.8) is 0 Å². The summed E-state index contributed by atoms with van der Waals surface area (Å²) in [5.41, 5.74) is 0.748. The third-order valence-corrected chi connectivity index (χ3v) is 5.56. The van der Waals surface area contributed by atoms with E-state index >= 15 is 0 Å². The van der Waals surface area contributed by atoms with Crippen LogP contribution in [-0.4, -0.2) is 17.5 Å². The van der Waals surface area contributed by atoms with E-state index in [-0.39, 0.29) is 16.8 Å². The molecule has 0 amide bonds. The van der Waals surface area contributed by atoms with E-state index in [1.807, 2.05) is 32.0 Å². The van der Waals surface area contributed by atoms with Crippen LogP contribution in [0.25, 0.3) is 0 Å². The maximum absolute atomic E-state index is 12.2. The van der Waals surface area contributed by atoms with Gasteiger partial charge in [-0.1, -0.05) is 30.0 Å². The van der Waals surface area contributed by atoms with Crippen LogP contribution >= 0.6 is 11.8 Å². The van der Waals surface area contributed by atoms with Gasteiger partial charge in [0.2, 0.25) is 0 Å². The molecule has 1 aromatic carbocycles. The van der Waals surface area contributed by atoms with Crippen molar-refractivity contribution in [1.29, 1.82) is 0 Å². The molecule has 2 atom stereocenters. The summed E-state index contributed by atoms with van der Waals surface area (Å²) in [5.74, 6) is 0.667. The molecule has 0 spiro atoms. The van der Waals surface area contributed by atoms with Crippen LogP contribution in [0.15, 0.2) is 46.6 Å². The number of carbonyl (C=O) groups is 1. The molecule has 1 aliphatic carbocycles. The molecule has 0 saturated heterocycles. The lowest BCUT2D eigenvalue weighted by Gasteiger charge is -2.29. The average molecular weight is 304 g/mol. The quantitative estimate of drug-likeness (QED) is 0.783. The average Bonchev–Trinajstić information content (AvgIpc) is 2.94. The molecule has 112 valence electrons. The molecule has 0 radical (unpaired) electrons. The fraction of sp³-hybridized carbons (Fsp3) is 0.471. The monoisotopic (exact) mass is 304 g/mol. The van der Waals surface area contributed by atoms with E-state index in [0.717, 1.165) is 30.6 Å². The molecule has 3 nitrogen and oxygen atoms in total. The van der Waals surface area contributed by atoms with Gasteiger partial charge in [0, 0.05) is 10.8 Å². The highest BCUT2D eigenvalue weighted by Crippen LogP contribution is 2.57. The van der Waals surface area contributed by atoms with Crippen LogP contribution in [0, 0.1) is 5.92 Å². The summed E-state index contributed by atoms with van der Waals surface area (Å²) in [4.78, 5) is 13.1. The van der Waals surface area contributed by atoms with Gasteiger partial charge in [-0.05, 0) is 45.2 Å². The fourth-order valence-electron chi connectivity index (χ4n) is 3.32. The predicted molar refractivity (Wildman–Crippen MR) is 82.8 cm³/mol. The molecule has 1 saturated carbocycles. The van der Waals surface area contributed by atoms with Crippen LogP contribution in [-0.2, 0) is 14.3 Å². The maximum Gasteiger partial charge on any atom is 0.337 e. The van der Waals surface area contributed by atoms with Gasteiger partial charge >= 0.3 is 5.97 Å². The topological polar surface area (TPSA) is 35.5 Å². The molecule has 0 unspecified atom stereocenters. The molecule has 1 heterocycles. The molecular formula is C17H20O3S. The van der Waals surface area contributed by atoms with Crippen molar-refractivity contribution in [3.05, 3.63) is 41.7 Å². The van der Waals surface area contributed by atoms with Crippen molar-refractivity contribution in [1.82, 2.24) is 0 Å². The molecule has 0 N–H and O–H groups in total. The summed E-state index contributed by atoms with van der Waals surface area (Å²) in [5, 5.41) is 0. The summed E-state index contributed by atoms with van der Waals surface area (Å²) in [6, 6.07) is 10.3. The normalized spacial score (nSPS) is 27.4. The molecule has 0 aromatic heterocycles. The number of benzene rings is 1.